The molecule has 0 aliphatic rings. The van der Waals surface area contributed by atoms with E-state index in [-0.39, 0.29) is 5.82 Å². The van der Waals surface area contributed by atoms with Crippen LogP contribution in [0.5, 0.6) is 0 Å². The molecule has 2 N–H and O–H groups in total. The first-order chi connectivity index (χ1) is 11.6. The normalized spacial score (nSPS) is 11.6. The van der Waals surface area contributed by atoms with Crippen LogP contribution in [-0.2, 0) is 20.7 Å². The number of halogens is 1. The molecule has 2 rings (SSSR count). The van der Waals surface area contributed by atoms with E-state index in [0.29, 0.717) is 18.5 Å². The first-order valence-corrected chi connectivity index (χ1v) is 7.47. The monoisotopic (exact) mass is 331 g/mol. The molecule has 0 spiro atoms. The largest absolute Gasteiger partial charge is 0.453 e. The number of aliphatic hydroxyl groups excluding tert-OH is 1. The summed E-state index contributed by atoms with van der Waals surface area (Å²) in [4.78, 5) is 23.3. The van der Waals surface area contributed by atoms with Crippen LogP contribution in [0.15, 0.2) is 54.6 Å². The number of carbonyl (C=O) groups excluding carboxylic acids is 2. The summed E-state index contributed by atoms with van der Waals surface area (Å²) in [6.07, 6.45) is -0.884. The molecule has 0 fully saturated rings. The second-order valence-corrected chi connectivity index (χ2v) is 5.15. The molecule has 0 aromatic heterocycles. The van der Waals surface area contributed by atoms with E-state index in [9.17, 15) is 19.1 Å². The lowest BCUT2D eigenvalue weighted by atomic mass is 10.1. The fourth-order valence-corrected chi connectivity index (χ4v) is 2.04. The Hall–Kier alpha value is -2.73. The molecule has 0 saturated carbocycles. The van der Waals surface area contributed by atoms with Gasteiger partial charge in [0.1, 0.15) is 5.82 Å². The van der Waals surface area contributed by atoms with Gasteiger partial charge in [0.15, 0.2) is 12.7 Å². The number of aliphatic hydroxyl groups is 1. The maximum atomic E-state index is 12.8. The van der Waals surface area contributed by atoms with Gasteiger partial charge in [-0.15, -0.1) is 0 Å². The molecule has 2 aromatic carbocycles. The molecular formula is C18H18FNO4. The zero-order valence-electron chi connectivity index (χ0n) is 12.9. The van der Waals surface area contributed by atoms with Gasteiger partial charge in [0.05, 0.1) is 0 Å². The van der Waals surface area contributed by atoms with Crippen molar-refractivity contribution in [2.24, 2.45) is 0 Å². The van der Waals surface area contributed by atoms with Crippen LogP contribution in [0.3, 0.4) is 0 Å². The van der Waals surface area contributed by atoms with Gasteiger partial charge in [-0.2, -0.15) is 0 Å². The lowest BCUT2D eigenvalue weighted by molar-refractivity contribution is -0.157. The zero-order chi connectivity index (χ0) is 17.4. The lowest BCUT2D eigenvalue weighted by Gasteiger charge is -2.11. The van der Waals surface area contributed by atoms with Crippen LogP contribution in [0.25, 0.3) is 0 Å². The average Bonchev–Trinajstić information content (AvgIpc) is 2.61. The van der Waals surface area contributed by atoms with Gasteiger partial charge in [0.25, 0.3) is 5.91 Å². The summed E-state index contributed by atoms with van der Waals surface area (Å²) >= 11 is 0. The van der Waals surface area contributed by atoms with Crippen molar-refractivity contribution in [3.8, 4) is 0 Å². The Kier molecular flexibility index (Phi) is 6.45. The molecule has 0 bridgehead atoms. The number of benzene rings is 2. The van der Waals surface area contributed by atoms with Crippen LogP contribution in [0, 0.1) is 5.82 Å². The fraction of sp³-hybridized carbons (Fsp3) is 0.222. The van der Waals surface area contributed by atoms with Crippen molar-refractivity contribution in [3.63, 3.8) is 0 Å². The molecule has 6 heteroatoms. The Balaban J connectivity index is 1.69. The number of carbonyl (C=O) groups is 2. The third-order valence-electron chi connectivity index (χ3n) is 3.33. The van der Waals surface area contributed by atoms with E-state index < -0.39 is 24.6 Å². The van der Waals surface area contributed by atoms with Crippen molar-refractivity contribution in [3.05, 3.63) is 71.5 Å². The van der Waals surface area contributed by atoms with Crippen LogP contribution in [0.1, 0.15) is 17.2 Å². The summed E-state index contributed by atoms with van der Waals surface area (Å²) in [5.74, 6) is -1.66. The van der Waals surface area contributed by atoms with E-state index in [1.54, 1.807) is 42.5 Å². The van der Waals surface area contributed by atoms with Gasteiger partial charge in [-0.1, -0.05) is 42.5 Å². The van der Waals surface area contributed by atoms with E-state index in [1.807, 2.05) is 0 Å². The number of nitrogens with one attached hydrogen (secondary N) is 1. The summed E-state index contributed by atoms with van der Waals surface area (Å²) in [6.45, 7) is -0.130. The highest BCUT2D eigenvalue weighted by Gasteiger charge is 2.19. The number of esters is 1. The molecule has 0 radical (unpaired) electrons. The topological polar surface area (TPSA) is 75.6 Å². The van der Waals surface area contributed by atoms with Crippen molar-refractivity contribution >= 4 is 11.9 Å². The molecule has 1 amide bonds. The predicted octanol–water partition coefficient (Wildman–Crippen LogP) is 1.76. The van der Waals surface area contributed by atoms with Gasteiger partial charge in [-0.3, -0.25) is 4.79 Å². The average molecular weight is 331 g/mol. The molecule has 126 valence electrons. The molecule has 0 aliphatic heterocycles. The summed E-state index contributed by atoms with van der Waals surface area (Å²) in [6, 6.07) is 14.3. The van der Waals surface area contributed by atoms with E-state index in [2.05, 4.69) is 5.32 Å². The summed E-state index contributed by atoms with van der Waals surface area (Å²) < 4.78 is 17.6. The van der Waals surface area contributed by atoms with Crippen molar-refractivity contribution in [1.29, 1.82) is 0 Å². The van der Waals surface area contributed by atoms with E-state index in [0.717, 1.165) is 5.56 Å². The SMILES string of the molecule is O=C(COC(=O)[C@@H](O)c1ccccc1)NCCc1ccc(F)cc1. The maximum absolute atomic E-state index is 12.8. The van der Waals surface area contributed by atoms with Gasteiger partial charge < -0.3 is 15.2 Å². The highest BCUT2D eigenvalue weighted by Crippen LogP contribution is 2.13. The van der Waals surface area contributed by atoms with E-state index in [4.69, 9.17) is 4.74 Å². The lowest BCUT2D eigenvalue weighted by Crippen LogP contribution is -2.31. The maximum Gasteiger partial charge on any atom is 0.340 e. The molecule has 0 unspecified atom stereocenters. The third kappa shape index (κ3) is 5.48. The molecular weight excluding hydrogens is 313 g/mol. The first-order valence-electron chi connectivity index (χ1n) is 7.47. The molecule has 2 aromatic rings. The minimum absolute atomic E-state index is 0.313. The van der Waals surface area contributed by atoms with Crippen LogP contribution in [-0.4, -0.2) is 30.1 Å². The second-order valence-electron chi connectivity index (χ2n) is 5.15. The van der Waals surface area contributed by atoms with Gasteiger partial charge >= 0.3 is 5.97 Å². The molecule has 24 heavy (non-hydrogen) atoms. The smallest absolute Gasteiger partial charge is 0.340 e. The summed E-state index contributed by atoms with van der Waals surface area (Å²) in [7, 11) is 0. The van der Waals surface area contributed by atoms with Gasteiger partial charge in [0, 0.05) is 6.54 Å². The number of ether oxygens (including phenoxy) is 1. The Labute approximate surface area is 139 Å². The van der Waals surface area contributed by atoms with Gasteiger partial charge in [-0.05, 0) is 29.7 Å². The van der Waals surface area contributed by atoms with Crippen LogP contribution < -0.4 is 5.32 Å². The van der Waals surface area contributed by atoms with Crippen LogP contribution in [0.4, 0.5) is 4.39 Å². The first kappa shape index (κ1) is 17.6. The van der Waals surface area contributed by atoms with Crippen molar-refractivity contribution in [1.82, 2.24) is 5.32 Å². The Morgan fingerprint density at radius 2 is 1.75 bits per heavy atom. The molecule has 0 saturated heterocycles. The highest BCUT2D eigenvalue weighted by atomic mass is 19.1. The Morgan fingerprint density at radius 3 is 2.42 bits per heavy atom. The summed E-state index contributed by atoms with van der Waals surface area (Å²) in [5.41, 5.74) is 1.28. The fourth-order valence-electron chi connectivity index (χ4n) is 2.04. The zero-order valence-corrected chi connectivity index (χ0v) is 12.9. The standard InChI is InChI=1S/C18H18FNO4/c19-15-8-6-13(7-9-15)10-11-20-16(21)12-24-18(23)17(22)14-4-2-1-3-5-14/h1-9,17,22H,10-12H2,(H,20,21)/t17-/m0/s1. The van der Waals surface area contributed by atoms with Gasteiger partial charge in [-0.25, -0.2) is 9.18 Å². The van der Waals surface area contributed by atoms with Gasteiger partial charge in [0.2, 0.25) is 0 Å². The second kappa shape index (κ2) is 8.79. The number of amides is 1. The summed E-state index contributed by atoms with van der Waals surface area (Å²) in [5, 5.41) is 12.4. The number of rotatable bonds is 7. The quantitative estimate of drug-likeness (QED) is 0.758. The Bertz CT molecular complexity index is 673. The number of hydrogen-bond acceptors (Lipinski definition) is 4. The van der Waals surface area contributed by atoms with Crippen LogP contribution in [0.2, 0.25) is 0 Å². The minimum Gasteiger partial charge on any atom is -0.453 e. The highest BCUT2D eigenvalue weighted by molar-refractivity contribution is 5.82. The number of hydrogen-bond donors (Lipinski definition) is 2. The molecule has 0 heterocycles. The Morgan fingerprint density at radius 1 is 1.08 bits per heavy atom. The third-order valence-corrected chi connectivity index (χ3v) is 3.33. The van der Waals surface area contributed by atoms with Crippen molar-refractivity contribution < 1.29 is 23.8 Å². The minimum atomic E-state index is -1.42. The van der Waals surface area contributed by atoms with Crippen molar-refractivity contribution in [2.75, 3.05) is 13.2 Å². The van der Waals surface area contributed by atoms with E-state index in [1.165, 1.54) is 12.1 Å². The molecule has 5 nitrogen and oxygen atoms in total. The van der Waals surface area contributed by atoms with Crippen molar-refractivity contribution in [2.45, 2.75) is 12.5 Å². The molecule has 1 atom stereocenters. The van der Waals surface area contributed by atoms with E-state index >= 15 is 0 Å². The van der Waals surface area contributed by atoms with Crippen LogP contribution >= 0.6 is 0 Å². The predicted molar refractivity (Wildman–Crippen MR) is 85.5 cm³/mol. The molecule has 0 aliphatic carbocycles.